The van der Waals surface area contributed by atoms with E-state index in [1.54, 1.807) is 22.0 Å². The van der Waals surface area contributed by atoms with E-state index in [2.05, 4.69) is 25.7 Å². The van der Waals surface area contributed by atoms with Gasteiger partial charge in [-0.05, 0) is 37.2 Å². The fourth-order valence-electron chi connectivity index (χ4n) is 3.59. The zero-order valence-corrected chi connectivity index (χ0v) is 18.4. The van der Waals surface area contributed by atoms with Gasteiger partial charge in [0.2, 0.25) is 5.91 Å². The molecule has 0 fully saturated rings. The summed E-state index contributed by atoms with van der Waals surface area (Å²) in [5, 5.41) is 4.33. The van der Waals surface area contributed by atoms with E-state index < -0.39 is 0 Å². The predicted octanol–water partition coefficient (Wildman–Crippen LogP) is 4.17. The highest BCUT2D eigenvalue weighted by molar-refractivity contribution is 7.99. The third kappa shape index (κ3) is 4.69. The summed E-state index contributed by atoms with van der Waals surface area (Å²) in [5.74, 6) is 0.907. The van der Waals surface area contributed by atoms with Crippen LogP contribution >= 0.6 is 23.1 Å². The van der Waals surface area contributed by atoms with E-state index in [1.807, 2.05) is 0 Å². The van der Waals surface area contributed by atoms with E-state index in [0.29, 0.717) is 24.2 Å². The van der Waals surface area contributed by atoms with Gasteiger partial charge < -0.3 is 5.32 Å². The van der Waals surface area contributed by atoms with Crippen molar-refractivity contribution < 1.29 is 4.79 Å². The average Bonchev–Trinajstić information content (AvgIpc) is 3.03. The van der Waals surface area contributed by atoms with Gasteiger partial charge in [-0.25, -0.2) is 4.98 Å². The minimum Gasteiger partial charge on any atom is -0.355 e. The summed E-state index contributed by atoms with van der Waals surface area (Å²) in [6.45, 7) is 9.29. The van der Waals surface area contributed by atoms with E-state index in [9.17, 15) is 9.59 Å². The molecule has 0 radical (unpaired) electrons. The van der Waals surface area contributed by atoms with Gasteiger partial charge in [-0.2, -0.15) is 0 Å². The first kappa shape index (κ1) is 21.1. The second-order valence-corrected chi connectivity index (χ2v) is 9.50. The summed E-state index contributed by atoms with van der Waals surface area (Å²) in [7, 11) is 0. The van der Waals surface area contributed by atoms with Gasteiger partial charge in [-0.3, -0.25) is 14.2 Å². The monoisotopic (exact) mass is 419 g/mol. The van der Waals surface area contributed by atoms with Crippen LogP contribution in [-0.4, -0.2) is 27.8 Å². The summed E-state index contributed by atoms with van der Waals surface area (Å²) < 4.78 is 1.66. The molecule has 7 heteroatoms. The molecule has 1 amide bonds. The molecule has 28 heavy (non-hydrogen) atoms. The van der Waals surface area contributed by atoms with Crippen molar-refractivity contribution in [3.05, 3.63) is 33.4 Å². The molecule has 0 saturated carbocycles. The van der Waals surface area contributed by atoms with Crippen LogP contribution in [0.2, 0.25) is 0 Å². The number of aryl methyl sites for hydroxylation is 1. The molecule has 1 atom stereocenters. The standard InChI is InChI=1S/C21H29N3O2S2/c1-4-6-7-10-22-17(25)13-27-21-23-19-18(20(26)24(21)11-5-2)15-9-8-14(3)12-16(15)28-19/h5,14H,2,4,6-13H2,1,3H3,(H,22,25)/t14-/m1/s1. The second kappa shape index (κ2) is 9.74. The first-order chi connectivity index (χ1) is 13.5. The van der Waals surface area contributed by atoms with Crippen LogP contribution in [0.3, 0.4) is 0 Å². The quantitative estimate of drug-likeness (QED) is 0.287. The second-order valence-electron chi connectivity index (χ2n) is 7.48. The van der Waals surface area contributed by atoms with E-state index in [4.69, 9.17) is 4.98 Å². The molecule has 5 nitrogen and oxygen atoms in total. The summed E-state index contributed by atoms with van der Waals surface area (Å²) >= 11 is 2.98. The summed E-state index contributed by atoms with van der Waals surface area (Å²) in [5.41, 5.74) is 1.20. The lowest BCUT2D eigenvalue weighted by Crippen LogP contribution is -2.27. The van der Waals surface area contributed by atoms with Gasteiger partial charge in [-0.15, -0.1) is 17.9 Å². The fraction of sp³-hybridized carbons (Fsp3) is 0.571. The number of thiophene rings is 1. The van der Waals surface area contributed by atoms with Crippen LogP contribution in [0, 0.1) is 5.92 Å². The molecule has 2 aromatic rings. The van der Waals surface area contributed by atoms with E-state index in [1.165, 1.54) is 22.2 Å². The molecule has 2 aromatic heterocycles. The Bertz CT molecular complexity index is 916. The Balaban J connectivity index is 1.83. The van der Waals surface area contributed by atoms with Crippen molar-refractivity contribution >= 4 is 39.2 Å². The average molecular weight is 420 g/mol. The Kier molecular flexibility index (Phi) is 7.35. The van der Waals surface area contributed by atoms with Crippen molar-refractivity contribution in [3.8, 4) is 0 Å². The maximum Gasteiger partial charge on any atom is 0.263 e. The molecule has 1 aliphatic rings. The van der Waals surface area contributed by atoms with Crippen LogP contribution in [0.4, 0.5) is 0 Å². The maximum atomic E-state index is 13.2. The SMILES string of the molecule is C=CCn1c(SCC(=O)NCCCCC)nc2sc3c(c2c1=O)CC[C@@H](C)C3. The Hall–Kier alpha value is -1.60. The van der Waals surface area contributed by atoms with Gasteiger partial charge >= 0.3 is 0 Å². The van der Waals surface area contributed by atoms with Crippen molar-refractivity contribution in [2.24, 2.45) is 5.92 Å². The number of rotatable bonds is 9. The van der Waals surface area contributed by atoms with Crippen LogP contribution in [-0.2, 0) is 24.2 Å². The summed E-state index contributed by atoms with van der Waals surface area (Å²) in [4.78, 5) is 32.2. The maximum absolute atomic E-state index is 13.2. The van der Waals surface area contributed by atoms with Crippen LogP contribution in [0.1, 0.15) is 50.0 Å². The third-order valence-electron chi connectivity index (χ3n) is 5.13. The molecule has 0 bridgehead atoms. The summed E-state index contributed by atoms with van der Waals surface area (Å²) in [6.07, 6.45) is 8.06. The molecule has 0 spiro atoms. The number of aromatic nitrogens is 2. The molecular formula is C21H29N3O2S2. The lowest BCUT2D eigenvalue weighted by Gasteiger charge is -2.17. The smallest absolute Gasteiger partial charge is 0.263 e. The molecule has 2 heterocycles. The highest BCUT2D eigenvalue weighted by Crippen LogP contribution is 2.36. The molecule has 3 rings (SSSR count). The van der Waals surface area contributed by atoms with E-state index >= 15 is 0 Å². The van der Waals surface area contributed by atoms with E-state index in [-0.39, 0.29) is 17.2 Å². The molecular weight excluding hydrogens is 390 g/mol. The highest BCUT2D eigenvalue weighted by atomic mass is 32.2. The minimum absolute atomic E-state index is 0.00260. The lowest BCUT2D eigenvalue weighted by molar-refractivity contribution is -0.118. The zero-order valence-electron chi connectivity index (χ0n) is 16.8. The first-order valence-electron chi connectivity index (χ1n) is 10.1. The minimum atomic E-state index is -0.0140. The van der Waals surface area contributed by atoms with Crippen LogP contribution in [0.5, 0.6) is 0 Å². The van der Waals surface area contributed by atoms with Gasteiger partial charge in [0, 0.05) is 18.0 Å². The largest absolute Gasteiger partial charge is 0.355 e. The number of amides is 1. The number of allylic oxidation sites excluding steroid dienone is 1. The third-order valence-corrected chi connectivity index (χ3v) is 7.25. The number of unbranched alkanes of at least 4 members (excludes halogenated alkanes) is 2. The highest BCUT2D eigenvalue weighted by Gasteiger charge is 2.24. The van der Waals surface area contributed by atoms with Gasteiger partial charge in [0.05, 0.1) is 11.1 Å². The van der Waals surface area contributed by atoms with Crippen molar-refractivity contribution in [1.29, 1.82) is 0 Å². The van der Waals surface area contributed by atoms with Gasteiger partial charge in [0.1, 0.15) is 4.83 Å². The number of nitrogens with one attached hydrogen (secondary N) is 1. The van der Waals surface area contributed by atoms with Gasteiger partial charge in [0.15, 0.2) is 5.16 Å². The zero-order chi connectivity index (χ0) is 20.1. The van der Waals surface area contributed by atoms with Crippen molar-refractivity contribution in [1.82, 2.24) is 14.9 Å². The number of hydrogen-bond acceptors (Lipinski definition) is 5. The summed E-state index contributed by atoms with van der Waals surface area (Å²) in [6, 6.07) is 0. The fourth-order valence-corrected chi connectivity index (χ4v) is 5.85. The normalized spacial score (nSPS) is 16.1. The molecule has 1 aliphatic carbocycles. The molecule has 1 N–H and O–H groups in total. The number of thioether (sulfide) groups is 1. The number of carbonyl (C=O) groups is 1. The topological polar surface area (TPSA) is 64.0 Å². The van der Waals surface area contributed by atoms with Crippen LogP contribution < -0.4 is 10.9 Å². The van der Waals surface area contributed by atoms with Crippen LogP contribution in [0.15, 0.2) is 22.6 Å². The Morgan fingerprint density at radius 3 is 3.04 bits per heavy atom. The van der Waals surface area contributed by atoms with Crippen molar-refractivity contribution in [2.75, 3.05) is 12.3 Å². The Labute approximate surface area is 174 Å². The molecule has 0 saturated heterocycles. The van der Waals surface area contributed by atoms with Crippen LogP contribution in [0.25, 0.3) is 10.2 Å². The number of hydrogen-bond donors (Lipinski definition) is 1. The number of carbonyl (C=O) groups excluding carboxylic acids is 1. The molecule has 152 valence electrons. The predicted molar refractivity (Wildman–Crippen MR) is 119 cm³/mol. The van der Waals surface area contributed by atoms with Crippen molar-refractivity contribution in [2.45, 2.75) is 64.1 Å². The molecule has 0 aliphatic heterocycles. The van der Waals surface area contributed by atoms with Gasteiger partial charge in [0.25, 0.3) is 5.56 Å². The molecule has 0 unspecified atom stereocenters. The van der Waals surface area contributed by atoms with Gasteiger partial charge in [-0.1, -0.05) is 44.5 Å². The number of fused-ring (bicyclic) bond motifs is 3. The van der Waals surface area contributed by atoms with Crippen molar-refractivity contribution in [3.63, 3.8) is 0 Å². The molecule has 0 aromatic carbocycles. The Morgan fingerprint density at radius 1 is 1.46 bits per heavy atom. The first-order valence-corrected chi connectivity index (χ1v) is 11.9. The number of nitrogens with zero attached hydrogens (tertiary/aromatic N) is 2. The Morgan fingerprint density at radius 2 is 2.29 bits per heavy atom. The van der Waals surface area contributed by atoms with E-state index in [0.717, 1.165) is 48.7 Å². The lowest BCUT2D eigenvalue weighted by atomic mass is 9.89.